The van der Waals surface area contributed by atoms with Gasteiger partial charge in [-0.2, -0.15) is 0 Å². The molecule has 0 atom stereocenters. The highest BCUT2D eigenvalue weighted by molar-refractivity contribution is 14.1. The van der Waals surface area contributed by atoms with Crippen molar-refractivity contribution < 1.29 is 18.7 Å². The maximum Gasteiger partial charge on any atom is 0.363 e. The molecule has 0 bridgehead atoms. The summed E-state index contributed by atoms with van der Waals surface area (Å²) in [5.41, 5.74) is 4.42. The Hall–Kier alpha value is -3.05. The minimum absolute atomic E-state index is 0.127. The molecule has 0 N–H and O–H groups in total. The SMILES string of the molecule is O=C1OC(c2ccc(-c3ccccc3)cc2)=N/C1=C\c1cc(I)c(OCc2ccccc2F)c(I)c1. The van der Waals surface area contributed by atoms with Crippen LogP contribution in [-0.4, -0.2) is 11.9 Å². The van der Waals surface area contributed by atoms with E-state index in [2.05, 4.69) is 50.2 Å². The van der Waals surface area contributed by atoms with Crippen LogP contribution in [0.4, 0.5) is 4.39 Å². The number of aliphatic imine (C=N–C) groups is 1. The summed E-state index contributed by atoms with van der Waals surface area (Å²) in [4.78, 5) is 16.9. The Labute approximate surface area is 235 Å². The van der Waals surface area contributed by atoms with E-state index in [1.54, 1.807) is 24.3 Å². The van der Waals surface area contributed by atoms with Gasteiger partial charge in [0, 0.05) is 11.1 Å². The van der Waals surface area contributed by atoms with Gasteiger partial charge in [-0.05, 0) is 98.3 Å². The smallest absolute Gasteiger partial charge is 0.363 e. The number of ether oxygens (including phenoxy) is 2. The number of esters is 1. The Bertz CT molecular complexity index is 1480. The summed E-state index contributed by atoms with van der Waals surface area (Å²) >= 11 is 4.34. The normalized spacial score (nSPS) is 14.0. The van der Waals surface area contributed by atoms with Crippen molar-refractivity contribution in [2.45, 2.75) is 6.61 Å². The fourth-order valence-corrected chi connectivity index (χ4v) is 5.82. The second-order valence-corrected chi connectivity index (χ2v) is 10.3. The molecule has 178 valence electrons. The zero-order chi connectivity index (χ0) is 25.1. The summed E-state index contributed by atoms with van der Waals surface area (Å²) in [6, 6.07) is 28.1. The van der Waals surface area contributed by atoms with Crippen molar-refractivity contribution in [1.29, 1.82) is 0 Å². The average molecular weight is 701 g/mol. The van der Waals surface area contributed by atoms with Gasteiger partial charge in [0.1, 0.15) is 18.2 Å². The van der Waals surface area contributed by atoms with Crippen LogP contribution < -0.4 is 4.74 Å². The van der Waals surface area contributed by atoms with E-state index < -0.39 is 5.97 Å². The van der Waals surface area contributed by atoms with E-state index in [4.69, 9.17) is 9.47 Å². The highest BCUT2D eigenvalue weighted by Crippen LogP contribution is 2.31. The van der Waals surface area contributed by atoms with Crippen LogP contribution in [0.3, 0.4) is 0 Å². The maximum atomic E-state index is 13.9. The summed E-state index contributed by atoms with van der Waals surface area (Å²) < 4.78 is 27.0. The van der Waals surface area contributed by atoms with Crippen molar-refractivity contribution >= 4 is 63.1 Å². The lowest BCUT2D eigenvalue weighted by Crippen LogP contribution is -2.05. The first-order valence-electron chi connectivity index (χ1n) is 11.0. The summed E-state index contributed by atoms with van der Waals surface area (Å²) in [5, 5.41) is 0. The lowest BCUT2D eigenvalue weighted by molar-refractivity contribution is -0.129. The van der Waals surface area contributed by atoms with Crippen LogP contribution in [0.25, 0.3) is 17.2 Å². The molecule has 0 saturated carbocycles. The Morgan fingerprint density at radius 3 is 2.14 bits per heavy atom. The molecule has 1 aliphatic heterocycles. The molecule has 1 aliphatic rings. The third-order valence-corrected chi connectivity index (χ3v) is 7.12. The third-order valence-electron chi connectivity index (χ3n) is 5.51. The van der Waals surface area contributed by atoms with E-state index in [1.165, 1.54) is 6.07 Å². The third kappa shape index (κ3) is 5.52. The highest BCUT2D eigenvalue weighted by atomic mass is 127. The maximum absolute atomic E-state index is 13.9. The summed E-state index contributed by atoms with van der Waals surface area (Å²) in [5.74, 6) is 0.146. The molecule has 1 heterocycles. The molecular weight excluding hydrogens is 683 g/mol. The van der Waals surface area contributed by atoms with E-state index in [0.717, 1.165) is 29.4 Å². The average Bonchev–Trinajstić information content (AvgIpc) is 3.25. The number of cyclic esters (lactones) is 1. The lowest BCUT2D eigenvalue weighted by Gasteiger charge is -2.12. The van der Waals surface area contributed by atoms with Crippen molar-refractivity contribution in [3.05, 3.63) is 126 Å². The molecule has 0 aliphatic carbocycles. The summed E-state index contributed by atoms with van der Waals surface area (Å²) in [6.07, 6.45) is 1.69. The van der Waals surface area contributed by atoms with Gasteiger partial charge in [-0.3, -0.25) is 0 Å². The van der Waals surface area contributed by atoms with Gasteiger partial charge in [0.25, 0.3) is 0 Å². The van der Waals surface area contributed by atoms with E-state index in [9.17, 15) is 9.18 Å². The van der Waals surface area contributed by atoms with Crippen LogP contribution in [0.2, 0.25) is 0 Å². The minimum Gasteiger partial charge on any atom is -0.487 e. The first-order chi connectivity index (χ1) is 17.5. The standard InChI is InChI=1S/C29H18FI2NO3/c30-23-9-5-4-8-22(23)17-35-27-24(31)14-18(15-25(27)32)16-26-29(34)36-28(33-26)21-12-10-20(11-13-21)19-6-2-1-3-7-19/h1-16H,17H2/b26-16-. The first-order valence-corrected chi connectivity index (χ1v) is 13.2. The van der Waals surface area contributed by atoms with E-state index in [0.29, 0.717) is 11.3 Å². The van der Waals surface area contributed by atoms with Crippen LogP contribution in [-0.2, 0) is 16.1 Å². The summed E-state index contributed by atoms with van der Waals surface area (Å²) in [6.45, 7) is 0.127. The number of carbonyl (C=O) groups is 1. The molecule has 0 aromatic heterocycles. The van der Waals surface area contributed by atoms with Crippen LogP contribution in [0, 0.1) is 13.0 Å². The quantitative estimate of drug-likeness (QED) is 0.118. The number of carbonyl (C=O) groups excluding carboxylic acids is 1. The summed E-state index contributed by atoms with van der Waals surface area (Å²) in [7, 11) is 0. The second kappa shape index (κ2) is 10.9. The predicted molar refractivity (Wildman–Crippen MR) is 155 cm³/mol. The number of benzene rings is 4. The molecule has 36 heavy (non-hydrogen) atoms. The molecule has 7 heteroatoms. The number of halogens is 3. The molecule has 0 spiro atoms. The molecule has 4 aromatic carbocycles. The van der Waals surface area contributed by atoms with Gasteiger partial charge in [0.2, 0.25) is 5.90 Å². The monoisotopic (exact) mass is 701 g/mol. The van der Waals surface area contributed by atoms with Gasteiger partial charge < -0.3 is 9.47 Å². The molecule has 0 amide bonds. The predicted octanol–water partition coefficient (Wildman–Crippen LogP) is 7.63. The highest BCUT2D eigenvalue weighted by Gasteiger charge is 2.24. The number of nitrogens with zero attached hydrogens (tertiary/aromatic N) is 1. The van der Waals surface area contributed by atoms with E-state index in [-0.39, 0.29) is 24.0 Å². The van der Waals surface area contributed by atoms with Crippen molar-refractivity contribution in [1.82, 2.24) is 0 Å². The Morgan fingerprint density at radius 2 is 1.44 bits per heavy atom. The van der Waals surface area contributed by atoms with Crippen molar-refractivity contribution in [3.63, 3.8) is 0 Å². The van der Waals surface area contributed by atoms with Crippen molar-refractivity contribution in [2.75, 3.05) is 0 Å². The Morgan fingerprint density at radius 1 is 0.833 bits per heavy atom. The topological polar surface area (TPSA) is 47.9 Å². The van der Waals surface area contributed by atoms with E-state index in [1.807, 2.05) is 66.7 Å². The zero-order valence-electron chi connectivity index (χ0n) is 18.8. The molecule has 4 aromatic rings. The fourth-order valence-electron chi connectivity index (χ4n) is 3.69. The van der Waals surface area contributed by atoms with Crippen LogP contribution >= 0.6 is 45.2 Å². The van der Waals surface area contributed by atoms with Gasteiger partial charge in [-0.1, -0.05) is 60.7 Å². The molecule has 0 fully saturated rings. The number of hydrogen-bond acceptors (Lipinski definition) is 4. The molecule has 0 radical (unpaired) electrons. The molecular formula is C29H18FI2NO3. The van der Waals surface area contributed by atoms with Gasteiger partial charge in [-0.25, -0.2) is 14.2 Å². The van der Waals surface area contributed by atoms with Gasteiger partial charge in [0.15, 0.2) is 5.70 Å². The van der Waals surface area contributed by atoms with Crippen LogP contribution in [0.15, 0.2) is 102 Å². The second-order valence-electron chi connectivity index (χ2n) is 7.97. The molecule has 0 saturated heterocycles. The van der Waals surface area contributed by atoms with Crippen LogP contribution in [0.1, 0.15) is 16.7 Å². The van der Waals surface area contributed by atoms with Gasteiger partial charge in [-0.15, -0.1) is 0 Å². The minimum atomic E-state index is -0.498. The Balaban J connectivity index is 1.34. The largest absolute Gasteiger partial charge is 0.487 e. The molecule has 0 unspecified atom stereocenters. The van der Waals surface area contributed by atoms with Crippen molar-refractivity contribution in [2.24, 2.45) is 4.99 Å². The van der Waals surface area contributed by atoms with Crippen molar-refractivity contribution in [3.8, 4) is 16.9 Å². The lowest BCUT2D eigenvalue weighted by atomic mass is 10.0. The Kier molecular flexibility index (Phi) is 7.47. The first kappa shape index (κ1) is 24.6. The number of rotatable bonds is 6. The fraction of sp³-hybridized carbons (Fsp3) is 0.0345. The number of hydrogen-bond donors (Lipinski definition) is 0. The van der Waals surface area contributed by atoms with Gasteiger partial charge >= 0.3 is 5.97 Å². The molecule has 4 nitrogen and oxygen atoms in total. The van der Waals surface area contributed by atoms with E-state index >= 15 is 0 Å². The van der Waals surface area contributed by atoms with Gasteiger partial charge in [0.05, 0.1) is 7.14 Å². The molecule has 5 rings (SSSR count). The van der Waals surface area contributed by atoms with Crippen LogP contribution in [0.5, 0.6) is 5.75 Å². The zero-order valence-corrected chi connectivity index (χ0v) is 23.1.